The Morgan fingerprint density at radius 3 is 2.78 bits per heavy atom. The van der Waals surface area contributed by atoms with Crippen LogP contribution in [0.1, 0.15) is 43.7 Å². The highest BCUT2D eigenvalue weighted by atomic mass is 32.2. The smallest absolute Gasteiger partial charge is 0.243 e. The molecule has 1 fully saturated rings. The molecule has 5 nitrogen and oxygen atoms in total. The van der Waals surface area contributed by atoms with Gasteiger partial charge in [-0.3, -0.25) is 0 Å². The number of rotatable bonds is 5. The van der Waals surface area contributed by atoms with E-state index in [0.717, 1.165) is 37.2 Å². The zero-order valence-electron chi connectivity index (χ0n) is 12.9. The van der Waals surface area contributed by atoms with Crippen LogP contribution in [0.15, 0.2) is 39.8 Å². The average Bonchev–Trinajstić information content (AvgIpc) is 3.16. The normalized spacial score (nSPS) is 19.3. The van der Waals surface area contributed by atoms with Crippen molar-refractivity contribution in [1.29, 1.82) is 0 Å². The van der Waals surface area contributed by atoms with Crippen molar-refractivity contribution in [3.63, 3.8) is 0 Å². The zero-order valence-corrected chi connectivity index (χ0v) is 13.7. The first kappa shape index (κ1) is 16.1. The molecule has 0 radical (unpaired) electrons. The summed E-state index contributed by atoms with van der Waals surface area (Å²) in [5.41, 5.74) is 0.650. The highest BCUT2D eigenvalue weighted by Crippen LogP contribution is 2.36. The van der Waals surface area contributed by atoms with Crippen molar-refractivity contribution in [1.82, 2.24) is 9.46 Å². The number of nitrogens with zero attached hydrogens (tertiary/aromatic N) is 2. The van der Waals surface area contributed by atoms with Gasteiger partial charge < -0.3 is 4.52 Å². The molecule has 2 heterocycles. The number of benzene rings is 1. The molecule has 1 aliphatic rings. The molecule has 0 N–H and O–H groups in total. The predicted octanol–water partition coefficient (Wildman–Crippen LogP) is 3.29. The summed E-state index contributed by atoms with van der Waals surface area (Å²) >= 11 is 0. The van der Waals surface area contributed by atoms with Gasteiger partial charge in [0.1, 0.15) is 17.3 Å². The fourth-order valence-electron chi connectivity index (χ4n) is 2.92. The fourth-order valence-corrected chi connectivity index (χ4v) is 4.58. The van der Waals surface area contributed by atoms with E-state index in [4.69, 9.17) is 4.52 Å². The summed E-state index contributed by atoms with van der Waals surface area (Å²) < 4.78 is 45.4. The van der Waals surface area contributed by atoms with Gasteiger partial charge in [-0.05, 0) is 43.5 Å². The van der Waals surface area contributed by atoms with Gasteiger partial charge in [-0.25, -0.2) is 12.8 Å². The van der Waals surface area contributed by atoms with E-state index in [-0.39, 0.29) is 10.9 Å². The molecular formula is C16H19FN2O3S. The van der Waals surface area contributed by atoms with Crippen molar-refractivity contribution in [2.24, 2.45) is 0 Å². The summed E-state index contributed by atoms with van der Waals surface area (Å²) in [5.74, 6) is 0.316. The van der Waals surface area contributed by atoms with Gasteiger partial charge in [0.15, 0.2) is 0 Å². The van der Waals surface area contributed by atoms with Gasteiger partial charge in [0.05, 0.1) is 10.9 Å². The van der Waals surface area contributed by atoms with Crippen LogP contribution in [-0.4, -0.2) is 24.4 Å². The summed E-state index contributed by atoms with van der Waals surface area (Å²) in [6.07, 6.45) is 3.20. The topological polar surface area (TPSA) is 63.4 Å². The van der Waals surface area contributed by atoms with Gasteiger partial charge in [0.25, 0.3) is 0 Å². The lowest BCUT2D eigenvalue weighted by atomic mass is 10.1. The largest absolute Gasteiger partial charge is 0.361 e. The van der Waals surface area contributed by atoms with E-state index >= 15 is 0 Å². The van der Waals surface area contributed by atoms with Crippen LogP contribution in [-0.2, 0) is 16.4 Å². The fraction of sp³-hybridized carbons (Fsp3) is 0.438. The molecule has 0 aliphatic carbocycles. The molecule has 1 atom stereocenters. The molecule has 0 spiro atoms. The molecule has 3 rings (SSSR count). The van der Waals surface area contributed by atoms with Gasteiger partial charge in [0, 0.05) is 19.0 Å². The van der Waals surface area contributed by atoms with Crippen LogP contribution in [0, 0.1) is 5.82 Å². The third kappa shape index (κ3) is 3.16. The predicted molar refractivity (Wildman–Crippen MR) is 82.8 cm³/mol. The van der Waals surface area contributed by atoms with Crippen molar-refractivity contribution >= 4 is 10.0 Å². The number of sulfonamides is 1. The highest BCUT2D eigenvalue weighted by Gasteiger charge is 2.37. The summed E-state index contributed by atoms with van der Waals surface area (Å²) in [5, 5.41) is 4.05. The number of aromatic nitrogens is 1. The maximum atomic E-state index is 13.0. The van der Waals surface area contributed by atoms with E-state index in [1.165, 1.54) is 16.4 Å². The summed E-state index contributed by atoms with van der Waals surface area (Å²) in [6.45, 7) is 2.48. The summed E-state index contributed by atoms with van der Waals surface area (Å²) in [4.78, 5) is 0.100. The quantitative estimate of drug-likeness (QED) is 0.839. The molecule has 1 aromatic carbocycles. The Hall–Kier alpha value is -1.73. The first-order valence-corrected chi connectivity index (χ1v) is 9.19. The van der Waals surface area contributed by atoms with E-state index in [1.54, 1.807) is 0 Å². The van der Waals surface area contributed by atoms with Crippen molar-refractivity contribution in [3.8, 4) is 0 Å². The highest BCUT2D eigenvalue weighted by molar-refractivity contribution is 7.89. The van der Waals surface area contributed by atoms with E-state index < -0.39 is 15.8 Å². The van der Waals surface area contributed by atoms with Crippen molar-refractivity contribution in [2.45, 2.75) is 43.5 Å². The second kappa shape index (κ2) is 6.41. The number of hydrogen-bond acceptors (Lipinski definition) is 4. The van der Waals surface area contributed by atoms with E-state index in [1.807, 2.05) is 13.0 Å². The molecule has 0 amide bonds. The monoisotopic (exact) mass is 338 g/mol. The van der Waals surface area contributed by atoms with Gasteiger partial charge in [0.2, 0.25) is 10.0 Å². The van der Waals surface area contributed by atoms with Crippen LogP contribution >= 0.6 is 0 Å². The van der Waals surface area contributed by atoms with Gasteiger partial charge >= 0.3 is 0 Å². The zero-order chi connectivity index (χ0) is 16.4. The number of aryl methyl sites for hydroxylation is 1. The Balaban J connectivity index is 1.89. The average molecular weight is 338 g/mol. The lowest BCUT2D eigenvalue weighted by molar-refractivity contribution is 0.343. The second-order valence-electron chi connectivity index (χ2n) is 5.70. The third-order valence-corrected chi connectivity index (χ3v) is 5.96. The molecular weight excluding hydrogens is 319 g/mol. The van der Waals surface area contributed by atoms with Gasteiger partial charge in [-0.2, -0.15) is 4.31 Å². The maximum Gasteiger partial charge on any atom is 0.243 e. The minimum atomic E-state index is -3.67. The van der Waals surface area contributed by atoms with Crippen LogP contribution in [0.3, 0.4) is 0 Å². The Morgan fingerprint density at radius 2 is 2.09 bits per heavy atom. The van der Waals surface area contributed by atoms with E-state index in [0.29, 0.717) is 18.7 Å². The minimum absolute atomic E-state index is 0.100. The lowest BCUT2D eigenvalue weighted by Gasteiger charge is -2.22. The van der Waals surface area contributed by atoms with E-state index in [2.05, 4.69) is 5.16 Å². The minimum Gasteiger partial charge on any atom is -0.361 e. The number of hydrogen-bond donors (Lipinski definition) is 0. The van der Waals surface area contributed by atoms with E-state index in [9.17, 15) is 12.8 Å². The first-order chi connectivity index (χ1) is 11.0. The molecule has 2 aromatic rings. The molecule has 1 aromatic heterocycles. The molecule has 0 unspecified atom stereocenters. The summed E-state index contributed by atoms with van der Waals surface area (Å²) in [7, 11) is -3.67. The Labute approximate surface area is 135 Å². The van der Waals surface area contributed by atoms with Crippen LogP contribution in [0.4, 0.5) is 4.39 Å². The standard InChI is InChI=1S/C16H19FN2O3S/c1-2-4-13-11-15(18-22-13)16-5-3-10-19(16)23(20,21)14-8-6-12(17)7-9-14/h6-9,11,16H,2-5,10H2,1H3/t16-/m1/s1. The van der Waals surface area contributed by atoms with Gasteiger partial charge in [-0.1, -0.05) is 12.1 Å². The van der Waals surface area contributed by atoms with Crippen LogP contribution in [0.2, 0.25) is 0 Å². The summed E-state index contributed by atoms with van der Waals surface area (Å²) in [6, 6.07) is 6.43. The molecule has 1 aliphatic heterocycles. The molecule has 1 saturated heterocycles. The van der Waals surface area contributed by atoms with Crippen molar-refractivity contribution in [3.05, 3.63) is 47.6 Å². The molecule has 0 saturated carbocycles. The van der Waals surface area contributed by atoms with Crippen LogP contribution in [0.25, 0.3) is 0 Å². The van der Waals surface area contributed by atoms with Crippen molar-refractivity contribution in [2.75, 3.05) is 6.54 Å². The van der Waals surface area contributed by atoms with Crippen LogP contribution in [0.5, 0.6) is 0 Å². The lowest BCUT2D eigenvalue weighted by Crippen LogP contribution is -2.30. The Bertz CT molecular complexity index is 771. The molecule has 23 heavy (non-hydrogen) atoms. The maximum absolute atomic E-state index is 13.0. The Morgan fingerprint density at radius 1 is 1.35 bits per heavy atom. The first-order valence-electron chi connectivity index (χ1n) is 7.75. The van der Waals surface area contributed by atoms with Gasteiger partial charge in [-0.15, -0.1) is 0 Å². The molecule has 124 valence electrons. The number of halogens is 1. The third-order valence-electron chi connectivity index (χ3n) is 4.04. The molecule has 0 bridgehead atoms. The molecule has 7 heteroatoms. The van der Waals surface area contributed by atoms with Crippen molar-refractivity contribution < 1.29 is 17.3 Å². The Kier molecular flexibility index (Phi) is 4.50. The van der Waals surface area contributed by atoms with Crippen LogP contribution < -0.4 is 0 Å². The SMILES string of the molecule is CCCc1cc([C@H]2CCCN2S(=O)(=O)c2ccc(F)cc2)no1. The second-order valence-corrected chi connectivity index (χ2v) is 7.59.